The van der Waals surface area contributed by atoms with Crippen LogP contribution in [-0.4, -0.2) is 6.71 Å². The van der Waals surface area contributed by atoms with Crippen molar-refractivity contribution in [1.82, 2.24) is 0 Å². The number of hydrogen-bond donors (Lipinski definition) is 0. The third-order valence-corrected chi connectivity index (χ3v) is 21.0. The van der Waals surface area contributed by atoms with Gasteiger partial charge in [-0.1, -0.05) is 332 Å². The van der Waals surface area contributed by atoms with Crippen molar-refractivity contribution in [3.05, 3.63) is 244 Å². The Morgan fingerprint density at radius 2 is 0.606 bits per heavy atom. The van der Waals surface area contributed by atoms with Gasteiger partial charge in [-0.3, -0.25) is 0 Å². The molecule has 3 heteroatoms. The van der Waals surface area contributed by atoms with Crippen LogP contribution in [0.15, 0.2) is 194 Å². The zero-order chi connectivity index (χ0) is 76.4. The zero-order valence-electron chi connectivity index (χ0n) is 70.1. The quantitative estimate of drug-likeness (QED) is 0.147. The number of rotatable bonds is 7. The van der Waals surface area contributed by atoms with Crippen LogP contribution in [0.3, 0.4) is 0 Å². The molecule has 0 fully saturated rings. The van der Waals surface area contributed by atoms with Gasteiger partial charge in [0.1, 0.15) is 0 Å². The average molecular weight is 1310 g/mol. The number of benzene rings is 10. The number of fused-ring (bicyclic) bond motifs is 4. The Bertz CT molecular complexity index is 4960. The van der Waals surface area contributed by atoms with Gasteiger partial charge < -0.3 is 9.80 Å². The highest BCUT2D eigenvalue weighted by Crippen LogP contribution is 2.54. The molecule has 0 unspecified atom stereocenters. The summed E-state index contributed by atoms with van der Waals surface area (Å²) in [5, 5.41) is 0. The molecule has 0 saturated heterocycles. The Balaban J connectivity index is 1.36. The molecule has 2 nitrogen and oxygen atoms in total. The van der Waals surface area contributed by atoms with Gasteiger partial charge in [0.25, 0.3) is 6.71 Å². The highest BCUT2D eigenvalue weighted by Gasteiger charge is 2.46. The summed E-state index contributed by atoms with van der Waals surface area (Å²) < 4.78 is 46.5. The Morgan fingerprint density at radius 3 is 1.00 bits per heavy atom. The molecule has 10 aromatic rings. The molecular weight excluding hydrogens is 1190 g/mol. The van der Waals surface area contributed by atoms with E-state index in [-0.39, 0.29) is 78.5 Å². The van der Waals surface area contributed by atoms with Crippen molar-refractivity contribution in [3.8, 4) is 55.6 Å². The van der Waals surface area contributed by atoms with Crippen molar-refractivity contribution in [1.29, 1.82) is 0 Å². The predicted octanol–water partition coefficient (Wildman–Crippen LogP) is 25.8. The third kappa shape index (κ3) is 13.7. The first-order valence-corrected chi connectivity index (χ1v) is 36.3. The topological polar surface area (TPSA) is 6.48 Å². The van der Waals surface area contributed by atoms with Crippen LogP contribution in [0.1, 0.15) is 244 Å². The second-order valence-corrected chi connectivity index (χ2v) is 38.2. The largest absolute Gasteiger partial charge is 0.311 e. The van der Waals surface area contributed by atoms with E-state index in [9.17, 15) is 2.74 Å². The lowest BCUT2D eigenvalue weighted by atomic mass is 9.33. The highest BCUT2D eigenvalue weighted by molar-refractivity contribution is 7.00. The SMILES string of the molecule is [2H]c1c([2H])c([2H])c(-c2ccc3c(c2)B2c4cc(-c5ccccc5)c(C(C)(C)C)cc4N(c4ccc(C(C)(C)C)cc4-c4cc(C(C)(C)C)cc(C(C)(C)C)c4)c4cc(-c5cc(C(C)(C)C)cc(C(C)(C)C)c5)cc(c42)N3c2ccc(C(C)(C)C)cc2-c2cc(C(C)(C)C)cc(C(C)(C)C)c2)c([2H])c1[2H]. The van der Waals surface area contributed by atoms with E-state index < -0.39 is 12.8 Å². The first kappa shape index (κ1) is 64.3. The maximum atomic E-state index is 9.67. The minimum Gasteiger partial charge on any atom is -0.311 e. The van der Waals surface area contributed by atoms with E-state index in [0.29, 0.717) is 5.56 Å². The summed E-state index contributed by atoms with van der Waals surface area (Å²) in [5.41, 5.74) is 28.4. The molecule has 2 aliphatic rings. The molecule has 0 aliphatic carbocycles. The van der Waals surface area contributed by atoms with E-state index in [0.717, 1.165) is 95.0 Å². The minimum atomic E-state index is -0.471. The van der Waals surface area contributed by atoms with Crippen LogP contribution in [-0.2, 0) is 48.7 Å². The van der Waals surface area contributed by atoms with Crippen LogP contribution in [0.2, 0.25) is 0 Å². The second kappa shape index (κ2) is 24.3. The maximum absolute atomic E-state index is 9.67. The Morgan fingerprint density at radius 1 is 0.242 bits per heavy atom. The van der Waals surface area contributed by atoms with E-state index in [1.807, 2.05) is 6.07 Å². The summed E-state index contributed by atoms with van der Waals surface area (Å²) in [6.45, 7) is 62.4. The van der Waals surface area contributed by atoms with Crippen LogP contribution >= 0.6 is 0 Å². The van der Waals surface area contributed by atoms with Crippen LogP contribution in [0.25, 0.3) is 55.6 Å². The molecule has 0 amide bonds. The monoisotopic (exact) mass is 1310 g/mol. The lowest BCUT2D eigenvalue weighted by molar-refractivity contribution is 0.568. The summed E-state index contributed by atoms with van der Waals surface area (Å²) in [7, 11) is 0. The fourth-order valence-electron chi connectivity index (χ4n) is 14.6. The van der Waals surface area contributed by atoms with Crippen molar-refractivity contribution in [2.24, 2.45) is 0 Å². The molecule has 0 N–H and O–H groups in total. The van der Waals surface area contributed by atoms with E-state index in [1.54, 1.807) is 0 Å². The number of anilines is 6. The molecule has 0 radical (unpaired) electrons. The van der Waals surface area contributed by atoms with Crippen LogP contribution < -0.4 is 26.2 Å². The smallest absolute Gasteiger partial charge is 0.252 e. The van der Waals surface area contributed by atoms with Crippen molar-refractivity contribution in [2.45, 2.75) is 236 Å². The molecule has 12 rings (SSSR count). The van der Waals surface area contributed by atoms with E-state index >= 15 is 0 Å². The molecular formula is C96H113BN2. The summed E-state index contributed by atoms with van der Waals surface area (Å²) in [6.07, 6.45) is 0. The van der Waals surface area contributed by atoms with Gasteiger partial charge in [0.05, 0.1) is 18.2 Å². The highest BCUT2D eigenvalue weighted by atomic mass is 15.2. The molecule has 0 bridgehead atoms. The van der Waals surface area contributed by atoms with Crippen molar-refractivity contribution in [3.63, 3.8) is 0 Å². The molecule has 0 spiro atoms. The van der Waals surface area contributed by atoms with Gasteiger partial charge in [0, 0.05) is 33.9 Å². The number of nitrogens with zero attached hydrogens (tertiary/aromatic N) is 2. The van der Waals surface area contributed by atoms with Crippen LogP contribution in [0.5, 0.6) is 0 Å². The molecule has 99 heavy (non-hydrogen) atoms. The predicted molar refractivity (Wildman–Crippen MR) is 436 cm³/mol. The van der Waals surface area contributed by atoms with E-state index in [4.69, 9.17) is 4.11 Å². The van der Waals surface area contributed by atoms with Gasteiger partial charge in [0.2, 0.25) is 0 Å². The minimum absolute atomic E-state index is 0.170. The van der Waals surface area contributed by atoms with E-state index in [1.165, 1.54) is 50.1 Å². The molecule has 510 valence electrons. The summed E-state index contributed by atoms with van der Waals surface area (Å²) in [4.78, 5) is 5.20. The molecule has 0 saturated carbocycles. The maximum Gasteiger partial charge on any atom is 0.252 e. The summed E-state index contributed by atoms with van der Waals surface area (Å²) >= 11 is 0. The van der Waals surface area contributed by atoms with Gasteiger partial charge in [-0.25, -0.2) is 0 Å². The summed E-state index contributed by atoms with van der Waals surface area (Å²) in [5.74, 6) is 0. The van der Waals surface area contributed by atoms with Gasteiger partial charge in [-0.15, -0.1) is 0 Å². The average Bonchev–Trinajstić information content (AvgIpc) is 0.683. The van der Waals surface area contributed by atoms with Gasteiger partial charge >= 0.3 is 0 Å². The first-order chi connectivity index (χ1) is 47.8. The fraction of sp³-hybridized carbons (Fsp3) is 0.375. The van der Waals surface area contributed by atoms with Crippen LogP contribution in [0, 0.1) is 0 Å². The number of hydrogen-bond acceptors (Lipinski definition) is 2. The molecule has 10 aromatic carbocycles. The lowest BCUT2D eigenvalue weighted by Crippen LogP contribution is -2.61. The van der Waals surface area contributed by atoms with Crippen molar-refractivity contribution >= 4 is 57.2 Å². The van der Waals surface area contributed by atoms with Gasteiger partial charge in [-0.2, -0.15) is 0 Å². The van der Waals surface area contributed by atoms with Crippen LogP contribution in [0.4, 0.5) is 34.1 Å². The van der Waals surface area contributed by atoms with Gasteiger partial charge in [-0.05, 0) is 208 Å². The molecule has 0 atom stereocenters. The fourth-order valence-corrected chi connectivity index (χ4v) is 14.6. The van der Waals surface area contributed by atoms with E-state index in [2.05, 4.69) is 354 Å². The Kier molecular flexibility index (Phi) is 15.8. The Labute approximate surface area is 605 Å². The standard InChI is InChI=1S/C96H113BN2/c1-88(2,3)67-39-42-81(76(56-67)65-46-71(92(13,14)15)54-72(47-65)93(16,17)18)98-83-41-38-62(60-34-30-28-31-35-60)50-79(83)97-80-58-75(61-36-32-29-33-37-61)78(96(25,26)27)59-84(80)99(86-52-64(51-85(98)87(86)97)63-44-69(90(7,8)9)53-70(45-63)91(10,11)12)82-43-40-68(89(4,5)6)57-77(82)66-48-73(94(19,20)21)55-74(49-66)95(22,23)24/h28-59H,1-27H3/i28D,30D,31D,34D,35D. The zero-order valence-corrected chi connectivity index (χ0v) is 65.1. The molecule has 2 heterocycles. The van der Waals surface area contributed by atoms with Crippen molar-refractivity contribution in [2.75, 3.05) is 9.80 Å². The Hall–Kier alpha value is -8.14. The third-order valence-electron chi connectivity index (χ3n) is 21.0. The normalized spacial score (nSPS) is 14.7. The molecule has 2 aliphatic heterocycles. The molecule has 0 aromatic heterocycles. The van der Waals surface area contributed by atoms with Gasteiger partial charge in [0.15, 0.2) is 0 Å². The lowest BCUT2D eigenvalue weighted by Gasteiger charge is -2.46. The summed E-state index contributed by atoms with van der Waals surface area (Å²) in [6, 6.07) is 62.1. The van der Waals surface area contributed by atoms with Crippen molar-refractivity contribution < 1.29 is 6.85 Å². The first-order valence-electron chi connectivity index (χ1n) is 38.8. The second-order valence-electron chi connectivity index (χ2n) is 38.2.